The molecule has 5 heteroatoms. The molecule has 0 radical (unpaired) electrons. The predicted molar refractivity (Wildman–Crippen MR) is 123 cm³/mol. The monoisotopic (exact) mass is 420 g/mol. The minimum absolute atomic E-state index is 0.203. The van der Waals surface area contributed by atoms with E-state index < -0.39 is 10.0 Å². The first-order chi connectivity index (χ1) is 14.5. The molecule has 0 amide bonds. The number of nitrogens with one attached hydrogen (secondary N) is 1. The molecule has 0 bridgehead atoms. The van der Waals surface area contributed by atoms with Crippen LogP contribution in [0, 0.1) is 12.8 Å². The number of aryl methyl sites for hydroxylation is 1. The van der Waals surface area contributed by atoms with E-state index >= 15 is 0 Å². The third-order valence-electron chi connectivity index (χ3n) is 6.04. The van der Waals surface area contributed by atoms with Gasteiger partial charge in [-0.05, 0) is 48.6 Å². The molecular formula is C25H28N2O2S. The fourth-order valence-corrected chi connectivity index (χ4v) is 6.05. The molecule has 3 unspecified atom stereocenters. The van der Waals surface area contributed by atoms with Crippen LogP contribution in [0.2, 0.25) is 0 Å². The molecule has 2 aliphatic rings. The summed E-state index contributed by atoms with van der Waals surface area (Å²) in [5.41, 5.74) is 4.58. The highest BCUT2D eigenvalue weighted by Gasteiger charge is 2.38. The quantitative estimate of drug-likeness (QED) is 0.628. The van der Waals surface area contributed by atoms with Crippen LogP contribution in [0.1, 0.15) is 35.1 Å². The molecule has 1 heterocycles. The SMILES string of the molecule is C=CCN(CC=C)S(=O)(=O)c1ccc2c(c1)C1C=CCC1C(c1cccc(C)c1)N2. The first-order valence-electron chi connectivity index (χ1n) is 10.3. The van der Waals surface area contributed by atoms with Crippen molar-refractivity contribution >= 4 is 15.7 Å². The summed E-state index contributed by atoms with van der Waals surface area (Å²) in [7, 11) is -3.62. The van der Waals surface area contributed by atoms with Crippen LogP contribution in [-0.4, -0.2) is 25.8 Å². The zero-order valence-electron chi connectivity index (χ0n) is 17.3. The lowest BCUT2D eigenvalue weighted by molar-refractivity contribution is 0.424. The van der Waals surface area contributed by atoms with Gasteiger partial charge in [-0.15, -0.1) is 13.2 Å². The van der Waals surface area contributed by atoms with Gasteiger partial charge in [-0.1, -0.05) is 54.1 Å². The van der Waals surface area contributed by atoms with Crippen molar-refractivity contribution in [2.24, 2.45) is 5.92 Å². The number of rotatable bonds is 7. The van der Waals surface area contributed by atoms with Gasteiger partial charge in [0.1, 0.15) is 0 Å². The fraction of sp³-hybridized carbons (Fsp3) is 0.280. The van der Waals surface area contributed by atoms with Crippen molar-refractivity contribution in [1.29, 1.82) is 0 Å². The van der Waals surface area contributed by atoms with Crippen molar-refractivity contribution < 1.29 is 8.42 Å². The third-order valence-corrected chi connectivity index (χ3v) is 7.87. The molecule has 1 aliphatic carbocycles. The van der Waals surface area contributed by atoms with Crippen molar-refractivity contribution in [3.05, 3.63) is 96.6 Å². The number of hydrogen-bond acceptors (Lipinski definition) is 3. The minimum Gasteiger partial charge on any atom is -0.378 e. The topological polar surface area (TPSA) is 49.4 Å². The second kappa shape index (κ2) is 8.25. The maximum atomic E-state index is 13.2. The van der Waals surface area contributed by atoms with Gasteiger partial charge < -0.3 is 5.32 Å². The number of anilines is 1. The molecule has 2 aromatic carbocycles. The van der Waals surface area contributed by atoms with E-state index in [0.29, 0.717) is 10.8 Å². The second-order valence-electron chi connectivity index (χ2n) is 8.04. The Kier molecular flexibility index (Phi) is 5.67. The molecule has 0 spiro atoms. The molecule has 0 saturated heterocycles. The summed E-state index contributed by atoms with van der Waals surface area (Å²) in [5.74, 6) is 0.573. The molecule has 0 fully saturated rings. The van der Waals surface area contributed by atoms with E-state index in [-0.39, 0.29) is 25.0 Å². The van der Waals surface area contributed by atoms with Crippen LogP contribution in [0.25, 0.3) is 0 Å². The van der Waals surface area contributed by atoms with Gasteiger partial charge in [0.25, 0.3) is 0 Å². The molecule has 1 aliphatic heterocycles. The summed E-state index contributed by atoms with van der Waals surface area (Å²) >= 11 is 0. The minimum atomic E-state index is -3.62. The van der Waals surface area contributed by atoms with Crippen molar-refractivity contribution in [2.45, 2.75) is 30.2 Å². The molecule has 1 N–H and O–H groups in total. The first kappa shape index (κ1) is 20.6. The number of sulfonamides is 1. The maximum absolute atomic E-state index is 13.2. The van der Waals surface area contributed by atoms with Gasteiger partial charge in [-0.25, -0.2) is 8.42 Å². The summed E-state index contributed by atoms with van der Waals surface area (Å²) in [4.78, 5) is 0.319. The highest BCUT2D eigenvalue weighted by atomic mass is 32.2. The summed E-state index contributed by atoms with van der Waals surface area (Å²) < 4.78 is 27.8. The molecule has 0 aromatic heterocycles. The van der Waals surface area contributed by atoms with Gasteiger partial charge in [0.15, 0.2) is 0 Å². The Morgan fingerprint density at radius 1 is 1.13 bits per heavy atom. The van der Waals surface area contributed by atoms with Crippen molar-refractivity contribution in [2.75, 3.05) is 18.4 Å². The average molecular weight is 421 g/mol. The molecule has 0 saturated carbocycles. The average Bonchev–Trinajstić information content (AvgIpc) is 3.23. The lowest BCUT2D eigenvalue weighted by Gasteiger charge is -2.38. The number of fused-ring (bicyclic) bond motifs is 3. The van der Waals surface area contributed by atoms with Gasteiger partial charge >= 0.3 is 0 Å². The van der Waals surface area contributed by atoms with E-state index in [2.05, 4.69) is 61.8 Å². The van der Waals surface area contributed by atoms with E-state index in [1.54, 1.807) is 18.2 Å². The fourth-order valence-electron chi connectivity index (χ4n) is 4.63. The van der Waals surface area contributed by atoms with E-state index in [1.807, 2.05) is 12.1 Å². The predicted octanol–water partition coefficient (Wildman–Crippen LogP) is 5.18. The normalized spacial score (nSPS) is 22.3. The Morgan fingerprint density at radius 3 is 2.60 bits per heavy atom. The van der Waals surface area contributed by atoms with Gasteiger partial charge in [0, 0.05) is 24.7 Å². The molecule has 156 valence electrons. The van der Waals surface area contributed by atoms with E-state index in [1.165, 1.54) is 15.4 Å². The van der Waals surface area contributed by atoms with Gasteiger partial charge in [0.2, 0.25) is 10.0 Å². The Hall–Kier alpha value is -2.63. The van der Waals surface area contributed by atoms with Crippen LogP contribution >= 0.6 is 0 Å². The highest BCUT2D eigenvalue weighted by molar-refractivity contribution is 7.89. The van der Waals surface area contributed by atoms with E-state index in [9.17, 15) is 8.42 Å². The molecular weight excluding hydrogens is 392 g/mol. The van der Waals surface area contributed by atoms with E-state index in [4.69, 9.17) is 0 Å². The molecule has 3 atom stereocenters. The maximum Gasteiger partial charge on any atom is 0.243 e. The summed E-state index contributed by atoms with van der Waals surface area (Å²) in [6, 6.07) is 14.3. The van der Waals surface area contributed by atoms with Crippen molar-refractivity contribution in [3.8, 4) is 0 Å². The van der Waals surface area contributed by atoms with Gasteiger partial charge in [-0.2, -0.15) is 4.31 Å². The smallest absolute Gasteiger partial charge is 0.243 e. The Morgan fingerprint density at radius 2 is 1.90 bits per heavy atom. The number of benzene rings is 2. The highest BCUT2D eigenvalue weighted by Crippen LogP contribution is 2.50. The summed E-state index contributed by atoms with van der Waals surface area (Å²) in [5, 5.41) is 3.69. The first-order valence-corrected chi connectivity index (χ1v) is 11.8. The standard InChI is InChI=1S/C25H28N2O2S/c1-4-14-27(15-5-2)30(28,29)20-12-13-24-23(17-20)21-10-7-11-22(21)25(26-24)19-9-6-8-18(3)16-19/h4-10,12-13,16-17,21-22,25-26H,1-2,11,14-15H2,3H3. The summed E-state index contributed by atoms with van der Waals surface area (Å²) in [6.45, 7) is 10.00. The van der Waals surface area contributed by atoms with Crippen LogP contribution < -0.4 is 5.32 Å². The number of allylic oxidation sites excluding steroid dienone is 2. The van der Waals surface area contributed by atoms with Crippen LogP contribution in [0.15, 0.2) is 84.8 Å². The number of nitrogens with zero attached hydrogens (tertiary/aromatic N) is 1. The summed E-state index contributed by atoms with van der Waals surface area (Å²) in [6.07, 6.45) is 8.63. The van der Waals surface area contributed by atoms with Crippen molar-refractivity contribution in [3.63, 3.8) is 0 Å². The second-order valence-corrected chi connectivity index (χ2v) is 9.98. The number of hydrogen-bond donors (Lipinski definition) is 1. The molecule has 2 aromatic rings. The van der Waals surface area contributed by atoms with E-state index in [0.717, 1.165) is 17.7 Å². The van der Waals surface area contributed by atoms with Crippen LogP contribution in [0.4, 0.5) is 5.69 Å². The lowest BCUT2D eigenvalue weighted by atomic mass is 9.77. The van der Waals surface area contributed by atoms with Crippen LogP contribution in [-0.2, 0) is 10.0 Å². The zero-order valence-corrected chi connectivity index (χ0v) is 18.1. The van der Waals surface area contributed by atoms with Gasteiger partial charge in [-0.3, -0.25) is 0 Å². The van der Waals surface area contributed by atoms with Crippen LogP contribution in [0.5, 0.6) is 0 Å². The zero-order chi connectivity index (χ0) is 21.3. The Labute approximate surface area is 179 Å². The van der Waals surface area contributed by atoms with Gasteiger partial charge in [0.05, 0.1) is 10.9 Å². The van der Waals surface area contributed by atoms with Crippen LogP contribution in [0.3, 0.4) is 0 Å². The lowest BCUT2D eigenvalue weighted by Crippen LogP contribution is -2.32. The third kappa shape index (κ3) is 3.64. The molecule has 30 heavy (non-hydrogen) atoms. The molecule has 4 rings (SSSR count). The molecule has 4 nitrogen and oxygen atoms in total. The van der Waals surface area contributed by atoms with Crippen molar-refractivity contribution in [1.82, 2.24) is 4.31 Å². The Bertz CT molecular complexity index is 1090. The largest absolute Gasteiger partial charge is 0.378 e. The Balaban J connectivity index is 1.73.